The second kappa shape index (κ2) is 4.58. The minimum Gasteiger partial charge on any atom is -0.371 e. The third kappa shape index (κ3) is 1.60. The zero-order valence-corrected chi connectivity index (χ0v) is 16.6. The summed E-state index contributed by atoms with van der Waals surface area (Å²) in [6.45, 7) is 10.6. The highest BCUT2D eigenvalue weighted by Gasteiger charge is 2.83. The number of aldehydes is 1. The summed E-state index contributed by atoms with van der Waals surface area (Å²) in [5.41, 5.74) is 0.476. The molecule has 4 heteroatoms. The van der Waals surface area contributed by atoms with Crippen molar-refractivity contribution in [3.8, 4) is 0 Å². The van der Waals surface area contributed by atoms with Crippen LogP contribution >= 0.6 is 0 Å². The van der Waals surface area contributed by atoms with Gasteiger partial charge in [0.1, 0.15) is 11.9 Å². The van der Waals surface area contributed by atoms with Crippen LogP contribution in [0.5, 0.6) is 0 Å². The lowest BCUT2D eigenvalue weighted by Crippen LogP contribution is -2.67. The molecule has 1 N–H and O–H groups in total. The van der Waals surface area contributed by atoms with E-state index in [4.69, 9.17) is 9.47 Å². The Bertz CT molecular complexity index is 676. The van der Waals surface area contributed by atoms with E-state index in [2.05, 4.69) is 33.0 Å². The van der Waals surface area contributed by atoms with Crippen LogP contribution < -0.4 is 5.32 Å². The molecule has 0 aromatic heterocycles. The molecule has 11 atom stereocenters. The number of hydrogen-bond acceptors (Lipinski definition) is 4. The highest BCUT2D eigenvalue weighted by molar-refractivity contribution is 5.54. The molecule has 6 fully saturated rings. The van der Waals surface area contributed by atoms with Crippen molar-refractivity contribution in [3.63, 3.8) is 0 Å². The third-order valence-electron chi connectivity index (χ3n) is 10.4. The highest BCUT2D eigenvalue weighted by atomic mass is 16.6. The summed E-state index contributed by atoms with van der Waals surface area (Å²) in [5, 5.41) is 3.78. The summed E-state index contributed by atoms with van der Waals surface area (Å²) in [5.74, 6) is 2.17. The van der Waals surface area contributed by atoms with Gasteiger partial charge in [0.05, 0.1) is 24.4 Å². The molecule has 3 aliphatic carbocycles. The first kappa shape index (κ1) is 16.5. The molecule has 26 heavy (non-hydrogen) atoms. The molecule has 3 saturated carbocycles. The van der Waals surface area contributed by atoms with E-state index >= 15 is 0 Å². The molecule has 8 unspecified atom stereocenters. The van der Waals surface area contributed by atoms with Crippen molar-refractivity contribution in [2.75, 3.05) is 6.61 Å². The van der Waals surface area contributed by atoms with Gasteiger partial charge in [-0.05, 0) is 69.1 Å². The quantitative estimate of drug-likeness (QED) is 0.578. The smallest absolute Gasteiger partial charge is 0.123 e. The Kier molecular flexibility index (Phi) is 2.90. The topological polar surface area (TPSA) is 60.8 Å². The molecule has 3 aliphatic heterocycles. The maximum Gasteiger partial charge on any atom is 0.123 e. The number of ether oxygens (including phenoxy) is 2. The number of epoxide rings is 1. The molecule has 4 nitrogen and oxygen atoms in total. The molecule has 1 spiro atoms. The lowest BCUT2D eigenvalue weighted by atomic mass is 9.44. The molecule has 6 aliphatic rings. The number of fused-ring (bicyclic) bond motifs is 9. The van der Waals surface area contributed by atoms with E-state index in [1.807, 2.05) is 0 Å². The molecular weight excluding hydrogens is 326 g/mol. The Balaban J connectivity index is 1.40. The maximum absolute atomic E-state index is 11.5. The Morgan fingerprint density at radius 2 is 1.85 bits per heavy atom. The number of nitrogens with one attached hydrogen (secondary N) is 1. The van der Waals surface area contributed by atoms with Gasteiger partial charge in [0.15, 0.2) is 0 Å². The molecule has 0 radical (unpaired) electrons. The van der Waals surface area contributed by atoms with Crippen molar-refractivity contribution < 1.29 is 14.3 Å². The van der Waals surface area contributed by atoms with Crippen LogP contribution in [0.25, 0.3) is 0 Å². The molecule has 144 valence electrons. The molecule has 0 bridgehead atoms. The van der Waals surface area contributed by atoms with Gasteiger partial charge < -0.3 is 19.6 Å². The standard InChI is InChI=1S/C22H33NO3/c1-12-15-14(19(2)7-5-13(10-24)9-21(19,4)26-12)6-8-20(3)16(15)17-18(23-17)22(20)11-25-22/h10,12-18,23H,5-9,11H2,1-4H3/t12-,13?,14?,15?,16?,17+,18+,19?,20?,21?,22?/m1/s1. The van der Waals surface area contributed by atoms with Crippen molar-refractivity contribution >= 4 is 6.29 Å². The van der Waals surface area contributed by atoms with E-state index in [1.54, 1.807) is 0 Å². The van der Waals surface area contributed by atoms with Gasteiger partial charge in [-0.25, -0.2) is 0 Å². The van der Waals surface area contributed by atoms with Crippen molar-refractivity contribution in [3.05, 3.63) is 0 Å². The molecule has 6 rings (SSSR count). The second-order valence-corrected chi connectivity index (χ2v) is 11.1. The first-order valence-corrected chi connectivity index (χ1v) is 10.8. The van der Waals surface area contributed by atoms with Crippen LogP contribution in [0, 0.1) is 34.5 Å². The largest absolute Gasteiger partial charge is 0.371 e. The van der Waals surface area contributed by atoms with Crippen LogP contribution in [0.1, 0.15) is 59.8 Å². The Labute approximate surface area is 156 Å². The van der Waals surface area contributed by atoms with Crippen molar-refractivity contribution in [1.29, 1.82) is 0 Å². The fourth-order valence-corrected chi connectivity index (χ4v) is 8.76. The molecular formula is C22H33NO3. The summed E-state index contributed by atoms with van der Waals surface area (Å²) in [7, 11) is 0. The van der Waals surface area contributed by atoms with Crippen LogP contribution in [0.2, 0.25) is 0 Å². The lowest BCUT2D eigenvalue weighted by molar-refractivity contribution is -0.284. The number of rotatable bonds is 1. The highest BCUT2D eigenvalue weighted by Crippen LogP contribution is 2.74. The normalized spacial score (nSPS) is 67.8. The minimum atomic E-state index is -0.159. The fourth-order valence-electron chi connectivity index (χ4n) is 8.76. The fraction of sp³-hybridized carbons (Fsp3) is 0.955. The van der Waals surface area contributed by atoms with Crippen LogP contribution in [0.4, 0.5) is 0 Å². The zero-order chi connectivity index (χ0) is 18.1. The summed E-state index contributed by atoms with van der Waals surface area (Å²) >= 11 is 0. The van der Waals surface area contributed by atoms with Gasteiger partial charge in [-0.3, -0.25) is 0 Å². The van der Waals surface area contributed by atoms with Gasteiger partial charge in [-0.1, -0.05) is 13.8 Å². The number of carbonyl (C=O) groups is 1. The number of carbonyl (C=O) groups excluding carboxylic acids is 1. The predicted molar refractivity (Wildman–Crippen MR) is 97.7 cm³/mol. The number of hydrogen-bond donors (Lipinski definition) is 1. The van der Waals surface area contributed by atoms with Gasteiger partial charge in [0.2, 0.25) is 0 Å². The molecule has 0 aromatic rings. The summed E-state index contributed by atoms with van der Waals surface area (Å²) in [4.78, 5) is 11.5. The maximum atomic E-state index is 11.5. The molecule has 3 heterocycles. The predicted octanol–water partition coefficient (Wildman–Crippen LogP) is 2.94. The average Bonchev–Trinajstić information content (AvgIpc) is 3.48. The summed E-state index contributed by atoms with van der Waals surface area (Å²) < 4.78 is 13.0. The summed E-state index contributed by atoms with van der Waals surface area (Å²) in [6.07, 6.45) is 7.11. The average molecular weight is 360 g/mol. The Morgan fingerprint density at radius 1 is 1.12 bits per heavy atom. The summed E-state index contributed by atoms with van der Waals surface area (Å²) in [6, 6.07) is 1.23. The van der Waals surface area contributed by atoms with Crippen molar-refractivity contribution in [2.24, 2.45) is 34.5 Å². The van der Waals surface area contributed by atoms with Gasteiger partial charge in [-0.15, -0.1) is 0 Å². The molecule has 3 saturated heterocycles. The first-order chi connectivity index (χ1) is 12.3. The van der Waals surface area contributed by atoms with Crippen LogP contribution in [0.15, 0.2) is 0 Å². The van der Waals surface area contributed by atoms with Crippen molar-refractivity contribution in [1.82, 2.24) is 5.32 Å². The first-order valence-electron chi connectivity index (χ1n) is 10.8. The Morgan fingerprint density at radius 3 is 2.54 bits per heavy atom. The zero-order valence-electron chi connectivity index (χ0n) is 16.6. The monoisotopic (exact) mass is 359 g/mol. The van der Waals surface area contributed by atoms with Gasteiger partial charge in [-0.2, -0.15) is 0 Å². The minimum absolute atomic E-state index is 0.129. The van der Waals surface area contributed by atoms with Crippen LogP contribution in [-0.4, -0.2) is 42.3 Å². The molecule has 0 amide bonds. The Hall–Kier alpha value is -0.450. The van der Waals surface area contributed by atoms with Crippen molar-refractivity contribution in [2.45, 2.75) is 89.2 Å². The third-order valence-corrected chi connectivity index (χ3v) is 10.4. The van der Waals surface area contributed by atoms with E-state index < -0.39 is 0 Å². The lowest BCUT2D eigenvalue weighted by Gasteiger charge is -2.66. The van der Waals surface area contributed by atoms with E-state index in [0.29, 0.717) is 35.3 Å². The van der Waals surface area contributed by atoms with Crippen LogP contribution in [0.3, 0.4) is 0 Å². The SMILES string of the molecule is C[C@H]1OC2(C)CC(C=O)CCC2(C)C2CCC3(C)C(C21)[C@@H]1N[C@@H]1C31CO1. The molecule has 0 aromatic carbocycles. The van der Waals surface area contributed by atoms with E-state index in [0.717, 1.165) is 25.9 Å². The van der Waals surface area contributed by atoms with Gasteiger partial charge in [0, 0.05) is 17.4 Å². The van der Waals surface area contributed by atoms with E-state index in [9.17, 15) is 4.79 Å². The van der Waals surface area contributed by atoms with E-state index in [1.165, 1.54) is 19.1 Å². The van der Waals surface area contributed by atoms with Gasteiger partial charge >= 0.3 is 0 Å². The van der Waals surface area contributed by atoms with Crippen LogP contribution in [-0.2, 0) is 14.3 Å². The van der Waals surface area contributed by atoms with E-state index in [-0.39, 0.29) is 28.6 Å². The second-order valence-electron chi connectivity index (χ2n) is 11.1. The number of piperidine rings is 1. The van der Waals surface area contributed by atoms with Gasteiger partial charge in [0.25, 0.3) is 0 Å².